The maximum Gasteiger partial charge on any atom is 0.182 e. The number of sulfone groups is 1. The van der Waals surface area contributed by atoms with Crippen molar-refractivity contribution in [2.24, 2.45) is 0 Å². The number of hydrogen-bond acceptors (Lipinski definition) is 3. The standard InChI is InChI=1S/C11H14BrNO2S/c1-7-4-8(12)10-9(5-7)16(14,15)6-11(2,3)13-10/h4-5,13H,6H2,1-3H3. The van der Waals surface area contributed by atoms with Crippen molar-refractivity contribution < 1.29 is 8.42 Å². The normalized spacial score (nSPS) is 21.0. The quantitative estimate of drug-likeness (QED) is 0.801. The maximum atomic E-state index is 12.1. The highest BCUT2D eigenvalue weighted by Crippen LogP contribution is 2.38. The van der Waals surface area contributed by atoms with Crippen molar-refractivity contribution in [2.45, 2.75) is 31.2 Å². The van der Waals surface area contributed by atoms with Crippen molar-refractivity contribution in [1.29, 1.82) is 0 Å². The molecule has 3 nitrogen and oxygen atoms in total. The molecule has 1 aromatic rings. The minimum absolute atomic E-state index is 0.128. The van der Waals surface area contributed by atoms with Crippen LogP contribution in [0.25, 0.3) is 0 Å². The molecule has 0 fully saturated rings. The van der Waals surface area contributed by atoms with Crippen molar-refractivity contribution in [2.75, 3.05) is 11.1 Å². The van der Waals surface area contributed by atoms with Crippen LogP contribution in [0.3, 0.4) is 0 Å². The number of aryl methyl sites for hydroxylation is 1. The van der Waals surface area contributed by atoms with Crippen molar-refractivity contribution in [3.63, 3.8) is 0 Å². The van der Waals surface area contributed by atoms with Crippen LogP contribution in [0.1, 0.15) is 19.4 Å². The van der Waals surface area contributed by atoms with E-state index in [0.717, 1.165) is 10.0 Å². The van der Waals surface area contributed by atoms with Gasteiger partial charge < -0.3 is 5.32 Å². The molecule has 0 radical (unpaired) electrons. The second kappa shape index (κ2) is 3.47. The predicted octanol–water partition coefficient (Wildman–Crippen LogP) is 2.74. The van der Waals surface area contributed by atoms with E-state index in [9.17, 15) is 8.42 Å². The number of halogens is 1. The van der Waals surface area contributed by atoms with Gasteiger partial charge in [0.2, 0.25) is 0 Å². The molecule has 0 atom stereocenters. The second-order valence-electron chi connectivity index (χ2n) is 4.89. The Kier molecular flexibility index (Phi) is 2.58. The summed E-state index contributed by atoms with van der Waals surface area (Å²) in [5, 5.41) is 3.26. The molecule has 1 heterocycles. The summed E-state index contributed by atoms with van der Waals surface area (Å²) < 4.78 is 25.1. The van der Waals surface area contributed by atoms with Crippen LogP contribution in [0.4, 0.5) is 5.69 Å². The van der Waals surface area contributed by atoms with Gasteiger partial charge in [-0.3, -0.25) is 0 Å². The van der Waals surface area contributed by atoms with Gasteiger partial charge in [-0.25, -0.2) is 8.42 Å². The van der Waals surface area contributed by atoms with Gasteiger partial charge in [0.1, 0.15) is 0 Å². The molecule has 0 saturated carbocycles. The van der Waals surface area contributed by atoms with Gasteiger partial charge >= 0.3 is 0 Å². The first kappa shape index (κ1) is 11.9. The third kappa shape index (κ3) is 1.98. The molecule has 1 aromatic carbocycles. The van der Waals surface area contributed by atoms with Gasteiger partial charge in [-0.1, -0.05) is 0 Å². The summed E-state index contributed by atoms with van der Waals surface area (Å²) in [6, 6.07) is 3.64. The molecule has 16 heavy (non-hydrogen) atoms. The van der Waals surface area contributed by atoms with Gasteiger partial charge in [0.05, 0.1) is 16.3 Å². The molecule has 0 saturated heterocycles. The zero-order valence-electron chi connectivity index (χ0n) is 9.46. The highest BCUT2D eigenvalue weighted by molar-refractivity contribution is 9.10. The van der Waals surface area contributed by atoms with Crippen LogP contribution >= 0.6 is 15.9 Å². The lowest BCUT2D eigenvalue weighted by atomic mass is 10.1. The van der Waals surface area contributed by atoms with Gasteiger partial charge in [0.15, 0.2) is 9.84 Å². The molecule has 0 aromatic heterocycles. The average molecular weight is 304 g/mol. The number of anilines is 1. The molecule has 88 valence electrons. The van der Waals surface area contributed by atoms with E-state index in [4.69, 9.17) is 0 Å². The Morgan fingerprint density at radius 1 is 1.38 bits per heavy atom. The van der Waals surface area contributed by atoms with Gasteiger partial charge in [0.25, 0.3) is 0 Å². The number of rotatable bonds is 0. The van der Waals surface area contributed by atoms with E-state index in [0.29, 0.717) is 10.6 Å². The Hall–Kier alpha value is -0.550. The van der Waals surface area contributed by atoms with Crippen LogP contribution in [0.5, 0.6) is 0 Å². The van der Waals surface area contributed by atoms with Crippen LogP contribution in [0.15, 0.2) is 21.5 Å². The highest BCUT2D eigenvalue weighted by Gasteiger charge is 2.36. The van der Waals surface area contributed by atoms with Gasteiger partial charge in [-0.05, 0) is 54.4 Å². The van der Waals surface area contributed by atoms with Gasteiger partial charge in [-0.2, -0.15) is 0 Å². The molecular formula is C11H14BrNO2S. The Balaban J connectivity index is 2.74. The smallest absolute Gasteiger partial charge is 0.182 e. The van der Waals surface area contributed by atoms with E-state index in [1.54, 1.807) is 6.07 Å². The molecule has 5 heteroatoms. The first-order chi connectivity index (χ1) is 7.21. The molecule has 0 unspecified atom stereocenters. The van der Waals surface area contributed by atoms with E-state index < -0.39 is 15.4 Å². The SMILES string of the molecule is Cc1cc(Br)c2c(c1)S(=O)(=O)CC(C)(C)N2. The third-order valence-corrected chi connectivity index (χ3v) is 5.27. The summed E-state index contributed by atoms with van der Waals surface area (Å²) in [4.78, 5) is 0.402. The topological polar surface area (TPSA) is 46.2 Å². The van der Waals surface area contributed by atoms with Crippen molar-refractivity contribution >= 4 is 31.5 Å². The third-order valence-electron chi connectivity index (χ3n) is 2.55. The van der Waals surface area contributed by atoms with E-state index in [1.807, 2.05) is 26.8 Å². The van der Waals surface area contributed by atoms with Gasteiger partial charge in [0, 0.05) is 10.0 Å². The Bertz CT molecular complexity index is 549. The molecule has 0 amide bonds. The zero-order chi connectivity index (χ0) is 12.1. The van der Waals surface area contributed by atoms with Crippen molar-refractivity contribution in [1.82, 2.24) is 0 Å². The van der Waals surface area contributed by atoms with E-state index >= 15 is 0 Å². The maximum absolute atomic E-state index is 12.1. The fourth-order valence-corrected chi connectivity index (χ4v) is 4.82. The lowest BCUT2D eigenvalue weighted by Gasteiger charge is -2.34. The van der Waals surface area contributed by atoms with E-state index in [2.05, 4.69) is 21.2 Å². The fourth-order valence-electron chi connectivity index (χ4n) is 2.00. The monoisotopic (exact) mass is 303 g/mol. The Morgan fingerprint density at radius 2 is 2.00 bits per heavy atom. The van der Waals surface area contributed by atoms with Crippen LogP contribution in [-0.4, -0.2) is 19.7 Å². The lowest BCUT2D eigenvalue weighted by molar-refractivity contribution is 0.556. The fraction of sp³-hybridized carbons (Fsp3) is 0.455. The minimum Gasteiger partial charge on any atom is -0.377 e. The number of nitrogens with one attached hydrogen (secondary N) is 1. The summed E-state index contributed by atoms with van der Waals surface area (Å²) in [7, 11) is -3.19. The Labute approximate surface area is 104 Å². The van der Waals surface area contributed by atoms with Crippen LogP contribution in [0, 0.1) is 6.92 Å². The molecule has 0 spiro atoms. The van der Waals surface area contributed by atoms with E-state index in [-0.39, 0.29) is 5.75 Å². The summed E-state index contributed by atoms with van der Waals surface area (Å²) in [6.07, 6.45) is 0. The zero-order valence-corrected chi connectivity index (χ0v) is 11.9. The molecule has 1 aliphatic rings. The molecule has 0 bridgehead atoms. The first-order valence-electron chi connectivity index (χ1n) is 5.02. The second-order valence-corrected chi connectivity index (χ2v) is 7.70. The van der Waals surface area contributed by atoms with E-state index in [1.165, 1.54) is 0 Å². The highest BCUT2D eigenvalue weighted by atomic mass is 79.9. The summed E-state index contributed by atoms with van der Waals surface area (Å²) in [5.41, 5.74) is 1.20. The number of hydrogen-bond donors (Lipinski definition) is 1. The number of fused-ring (bicyclic) bond motifs is 1. The molecule has 2 rings (SSSR count). The average Bonchev–Trinajstić information content (AvgIpc) is 2.05. The van der Waals surface area contributed by atoms with Crippen LogP contribution in [0.2, 0.25) is 0 Å². The lowest BCUT2D eigenvalue weighted by Crippen LogP contribution is -2.43. The molecular weight excluding hydrogens is 290 g/mol. The van der Waals surface area contributed by atoms with Crippen molar-refractivity contribution in [3.8, 4) is 0 Å². The molecule has 0 aliphatic carbocycles. The first-order valence-corrected chi connectivity index (χ1v) is 7.47. The Morgan fingerprint density at radius 3 is 2.62 bits per heavy atom. The predicted molar refractivity (Wildman–Crippen MR) is 68.6 cm³/mol. The minimum atomic E-state index is -3.19. The number of benzene rings is 1. The summed E-state index contributed by atoms with van der Waals surface area (Å²) in [6.45, 7) is 5.67. The summed E-state index contributed by atoms with van der Waals surface area (Å²) >= 11 is 3.41. The summed E-state index contributed by atoms with van der Waals surface area (Å²) in [5.74, 6) is 0.128. The van der Waals surface area contributed by atoms with Crippen molar-refractivity contribution in [3.05, 3.63) is 22.2 Å². The van der Waals surface area contributed by atoms with Crippen LogP contribution < -0.4 is 5.32 Å². The van der Waals surface area contributed by atoms with Gasteiger partial charge in [-0.15, -0.1) is 0 Å². The molecule has 1 N–H and O–H groups in total. The molecule has 1 aliphatic heterocycles. The largest absolute Gasteiger partial charge is 0.377 e. The van der Waals surface area contributed by atoms with Crippen LogP contribution in [-0.2, 0) is 9.84 Å².